The highest BCUT2D eigenvalue weighted by molar-refractivity contribution is 7.80. The lowest BCUT2D eigenvalue weighted by Crippen LogP contribution is -2.51. The number of hydrogen-bond donors (Lipinski definition) is 2. The molecule has 33 heavy (non-hydrogen) atoms. The van der Waals surface area contributed by atoms with Gasteiger partial charge in [-0.05, 0) is 66.7 Å². The molecule has 0 aliphatic carbocycles. The van der Waals surface area contributed by atoms with Gasteiger partial charge in [0.2, 0.25) is 0 Å². The van der Waals surface area contributed by atoms with Gasteiger partial charge >= 0.3 is 0 Å². The van der Waals surface area contributed by atoms with Gasteiger partial charge in [0.05, 0.1) is 6.61 Å². The molecule has 1 fully saturated rings. The van der Waals surface area contributed by atoms with E-state index in [0.717, 1.165) is 24.5 Å². The molecule has 2 aromatic carbocycles. The monoisotopic (exact) mass is 468 g/mol. The van der Waals surface area contributed by atoms with Crippen LogP contribution in [0.2, 0.25) is 0 Å². The summed E-state index contributed by atoms with van der Waals surface area (Å²) in [6, 6.07) is 14.6. The SMILES string of the molecule is CCCCCCOc1ccc(OCCOc2ccc(C=C3C(=O)NC(=S)NC3=O)cc2)cc1. The van der Waals surface area contributed by atoms with E-state index in [1.807, 2.05) is 24.3 Å². The van der Waals surface area contributed by atoms with Crippen LogP contribution in [0.25, 0.3) is 6.08 Å². The van der Waals surface area contributed by atoms with Crippen LogP contribution in [0.4, 0.5) is 0 Å². The minimum atomic E-state index is -0.521. The molecule has 2 aromatic rings. The van der Waals surface area contributed by atoms with E-state index in [1.54, 1.807) is 24.3 Å². The predicted octanol–water partition coefficient (Wildman–Crippen LogP) is 4.02. The molecule has 1 heterocycles. The minimum Gasteiger partial charge on any atom is -0.494 e. The molecule has 0 saturated carbocycles. The van der Waals surface area contributed by atoms with Gasteiger partial charge in [-0.2, -0.15) is 0 Å². The summed E-state index contributed by atoms with van der Waals surface area (Å²) in [4.78, 5) is 23.8. The summed E-state index contributed by atoms with van der Waals surface area (Å²) in [6.07, 6.45) is 6.23. The molecular formula is C25H28N2O5S. The van der Waals surface area contributed by atoms with Crippen molar-refractivity contribution in [3.63, 3.8) is 0 Å². The van der Waals surface area contributed by atoms with Crippen molar-refractivity contribution in [3.05, 3.63) is 59.7 Å². The van der Waals surface area contributed by atoms with Crippen molar-refractivity contribution >= 4 is 35.2 Å². The summed E-state index contributed by atoms with van der Waals surface area (Å²) in [5.41, 5.74) is 0.693. The Morgan fingerprint density at radius 1 is 0.727 bits per heavy atom. The Bertz CT molecular complexity index is 965. The number of thiocarbonyl (C=S) groups is 1. The second-order valence-electron chi connectivity index (χ2n) is 7.44. The van der Waals surface area contributed by atoms with Crippen molar-refractivity contribution in [2.24, 2.45) is 0 Å². The van der Waals surface area contributed by atoms with Crippen molar-refractivity contribution in [2.45, 2.75) is 32.6 Å². The van der Waals surface area contributed by atoms with Crippen molar-refractivity contribution in [1.29, 1.82) is 0 Å². The van der Waals surface area contributed by atoms with E-state index in [2.05, 4.69) is 17.6 Å². The third-order valence-electron chi connectivity index (χ3n) is 4.85. The summed E-state index contributed by atoms with van der Waals surface area (Å²) in [7, 11) is 0. The number of carbonyl (C=O) groups is 2. The molecule has 0 aromatic heterocycles. The van der Waals surface area contributed by atoms with Gasteiger partial charge in [-0.3, -0.25) is 20.2 Å². The van der Waals surface area contributed by atoms with Crippen LogP contribution in [0.3, 0.4) is 0 Å². The highest BCUT2D eigenvalue weighted by atomic mass is 32.1. The Kier molecular flexibility index (Phi) is 9.26. The summed E-state index contributed by atoms with van der Waals surface area (Å²) in [5, 5.41) is 4.82. The van der Waals surface area contributed by atoms with Gasteiger partial charge in [-0.15, -0.1) is 0 Å². The number of benzene rings is 2. The molecule has 3 rings (SSSR count). The lowest BCUT2D eigenvalue weighted by Gasteiger charge is -2.16. The van der Waals surface area contributed by atoms with E-state index in [1.165, 1.54) is 25.3 Å². The maximum atomic E-state index is 11.9. The summed E-state index contributed by atoms with van der Waals surface area (Å²) in [5.74, 6) is 1.21. The Balaban J connectivity index is 1.39. The molecule has 174 valence electrons. The maximum Gasteiger partial charge on any atom is 0.263 e. The van der Waals surface area contributed by atoms with Crippen LogP contribution in [0.1, 0.15) is 38.2 Å². The van der Waals surface area contributed by atoms with Gasteiger partial charge in [0.15, 0.2) is 5.11 Å². The Labute approximate surface area is 199 Å². The zero-order valence-electron chi connectivity index (χ0n) is 18.6. The molecule has 1 aliphatic rings. The van der Waals surface area contributed by atoms with Gasteiger partial charge in [0.25, 0.3) is 11.8 Å². The Morgan fingerprint density at radius 3 is 1.73 bits per heavy atom. The number of ether oxygens (including phenoxy) is 3. The first-order chi connectivity index (χ1) is 16.0. The van der Waals surface area contributed by atoms with Crippen LogP contribution < -0.4 is 24.8 Å². The first kappa shape index (κ1) is 24.3. The Hall–Kier alpha value is -3.39. The molecule has 8 heteroatoms. The van der Waals surface area contributed by atoms with E-state index in [9.17, 15) is 9.59 Å². The molecule has 0 spiro atoms. The first-order valence-corrected chi connectivity index (χ1v) is 11.4. The Morgan fingerprint density at radius 2 is 1.21 bits per heavy atom. The van der Waals surface area contributed by atoms with Crippen LogP contribution >= 0.6 is 12.2 Å². The second kappa shape index (κ2) is 12.6. The van der Waals surface area contributed by atoms with E-state index in [4.69, 9.17) is 26.4 Å². The average molecular weight is 469 g/mol. The van der Waals surface area contributed by atoms with Crippen LogP contribution in [0.15, 0.2) is 54.1 Å². The molecule has 2 N–H and O–H groups in total. The largest absolute Gasteiger partial charge is 0.494 e. The average Bonchev–Trinajstić information content (AvgIpc) is 2.81. The number of nitrogens with one attached hydrogen (secondary N) is 2. The zero-order chi connectivity index (χ0) is 23.5. The minimum absolute atomic E-state index is 0.00131. The topological polar surface area (TPSA) is 85.9 Å². The van der Waals surface area contributed by atoms with Gasteiger partial charge in [0.1, 0.15) is 36.0 Å². The number of carbonyl (C=O) groups excluding carboxylic acids is 2. The predicted molar refractivity (Wildman–Crippen MR) is 130 cm³/mol. The van der Waals surface area contributed by atoms with Crippen molar-refractivity contribution in [2.75, 3.05) is 19.8 Å². The molecule has 1 saturated heterocycles. The molecule has 0 atom stereocenters. The number of hydrogen-bond acceptors (Lipinski definition) is 6. The third kappa shape index (κ3) is 7.91. The zero-order valence-corrected chi connectivity index (χ0v) is 19.4. The van der Waals surface area contributed by atoms with Crippen molar-refractivity contribution in [1.82, 2.24) is 10.6 Å². The highest BCUT2D eigenvalue weighted by Gasteiger charge is 2.25. The number of rotatable bonds is 12. The summed E-state index contributed by atoms with van der Waals surface area (Å²) in [6.45, 7) is 3.69. The highest BCUT2D eigenvalue weighted by Crippen LogP contribution is 2.19. The molecule has 0 radical (unpaired) electrons. The van der Waals surface area contributed by atoms with Gasteiger partial charge in [0, 0.05) is 0 Å². The normalized spacial score (nSPS) is 13.2. The smallest absolute Gasteiger partial charge is 0.263 e. The lowest BCUT2D eigenvalue weighted by atomic mass is 10.1. The summed E-state index contributed by atoms with van der Waals surface area (Å²) < 4.78 is 17.1. The van der Waals surface area contributed by atoms with Crippen LogP contribution in [-0.4, -0.2) is 36.7 Å². The molecule has 0 bridgehead atoms. The van der Waals surface area contributed by atoms with Crippen molar-refractivity contribution in [3.8, 4) is 17.2 Å². The molecule has 1 aliphatic heterocycles. The van der Waals surface area contributed by atoms with Crippen LogP contribution in [-0.2, 0) is 9.59 Å². The van der Waals surface area contributed by atoms with E-state index < -0.39 is 11.8 Å². The fourth-order valence-electron chi connectivity index (χ4n) is 3.10. The standard InChI is InChI=1S/C25H28N2O5S/c1-2-3-4-5-14-30-20-10-12-21(13-11-20)32-16-15-31-19-8-6-18(7-9-19)17-22-23(28)26-25(33)27-24(22)29/h6-13,17H,2-5,14-16H2,1H3,(H2,26,27,28,29,33). The second-order valence-corrected chi connectivity index (χ2v) is 7.85. The van der Waals surface area contributed by atoms with E-state index in [-0.39, 0.29) is 10.7 Å². The van der Waals surface area contributed by atoms with Crippen LogP contribution in [0.5, 0.6) is 17.2 Å². The van der Waals surface area contributed by atoms with E-state index in [0.29, 0.717) is 24.5 Å². The number of amides is 2. The third-order valence-corrected chi connectivity index (χ3v) is 5.05. The fourth-order valence-corrected chi connectivity index (χ4v) is 3.29. The maximum absolute atomic E-state index is 11.9. The van der Waals surface area contributed by atoms with Gasteiger partial charge in [-0.1, -0.05) is 38.3 Å². The first-order valence-electron chi connectivity index (χ1n) is 11.0. The van der Waals surface area contributed by atoms with E-state index >= 15 is 0 Å². The van der Waals surface area contributed by atoms with Gasteiger partial charge in [-0.25, -0.2) is 0 Å². The molecule has 0 unspecified atom stereocenters. The quantitative estimate of drug-likeness (QED) is 0.212. The number of unbranched alkanes of at least 4 members (excludes halogenated alkanes) is 3. The van der Waals surface area contributed by atoms with Gasteiger partial charge < -0.3 is 14.2 Å². The molecular weight excluding hydrogens is 440 g/mol. The summed E-state index contributed by atoms with van der Waals surface area (Å²) >= 11 is 4.79. The molecule has 2 amide bonds. The molecule has 7 nitrogen and oxygen atoms in total. The van der Waals surface area contributed by atoms with Crippen LogP contribution in [0, 0.1) is 0 Å². The fraction of sp³-hybridized carbons (Fsp3) is 0.320. The van der Waals surface area contributed by atoms with Crippen molar-refractivity contribution < 1.29 is 23.8 Å². The lowest BCUT2D eigenvalue weighted by molar-refractivity contribution is -0.123.